The van der Waals surface area contributed by atoms with Gasteiger partial charge in [-0.15, -0.1) is 0 Å². The normalized spacial score (nSPS) is 22.3. The van der Waals surface area contributed by atoms with E-state index in [1.807, 2.05) is 12.1 Å². The van der Waals surface area contributed by atoms with E-state index in [-0.39, 0.29) is 5.91 Å². The van der Waals surface area contributed by atoms with Crippen molar-refractivity contribution in [1.29, 1.82) is 0 Å². The standard InChI is InChI=1S/C14H18N2O2/c17-13-11-7-3-4-8-12(11)16(18)14(15-13)9-5-1-2-6-10-14/h3-4,7-8,18H,1-2,5-6,9-10H2,(H,15,17). The molecule has 0 unspecified atom stereocenters. The van der Waals surface area contributed by atoms with Gasteiger partial charge >= 0.3 is 0 Å². The molecule has 0 radical (unpaired) electrons. The van der Waals surface area contributed by atoms with Gasteiger partial charge in [0.1, 0.15) is 5.66 Å². The molecule has 2 N–H and O–H groups in total. The second-order valence-electron chi connectivity index (χ2n) is 5.23. The molecule has 1 amide bonds. The van der Waals surface area contributed by atoms with Crippen molar-refractivity contribution in [1.82, 2.24) is 5.32 Å². The number of carbonyl (C=O) groups is 1. The van der Waals surface area contributed by atoms with Crippen LogP contribution >= 0.6 is 0 Å². The first-order valence-corrected chi connectivity index (χ1v) is 6.64. The van der Waals surface area contributed by atoms with Crippen LogP contribution in [0.4, 0.5) is 5.69 Å². The number of amides is 1. The number of fused-ring (bicyclic) bond motifs is 1. The molecular weight excluding hydrogens is 228 g/mol. The van der Waals surface area contributed by atoms with Crippen LogP contribution in [0.15, 0.2) is 24.3 Å². The molecule has 1 heterocycles. The summed E-state index contributed by atoms with van der Waals surface area (Å²) >= 11 is 0. The number of hydrogen-bond acceptors (Lipinski definition) is 3. The summed E-state index contributed by atoms with van der Waals surface area (Å²) in [5, 5.41) is 14.8. The fraction of sp³-hybridized carbons (Fsp3) is 0.500. The second-order valence-corrected chi connectivity index (χ2v) is 5.23. The lowest BCUT2D eigenvalue weighted by atomic mass is 9.94. The summed E-state index contributed by atoms with van der Waals surface area (Å²) in [5.41, 5.74) is 0.583. The molecule has 1 spiro atoms. The first-order valence-electron chi connectivity index (χ1n) is 6.64. The van der Waals surface area contributed by atoms with Gasteiger partial charge in [-0.3, -0.25) is 10.0 Å². The van der Waals surface area contributed by atoms with Gasteiger partial charge in [0.2, 0.25) is 0 Å². The molecule has 1 aliphatic carbocycles. The van der Waals surface area contributed by atoms with E-state index in [4.69, 9.17) is 0 Å². The molecule has 1 aromatic carbocycles. The van der Waals surface area contributed by atoms with Crippen LogP contribution in [0.3, 0.4) is 0 Å². The monoisotopic (exact) mass is 246 g/mol. The molecule has 0 saturated heterocycles. The Bertz CT molecular complexity index is 465. The van der Waals surface area contributed by atoms with E-state index in [9.17, 15) is 10.0 Å². The van der Waals surface area contributed by atoms with Gasteiger partial charge in [0.15, 0.2) is 0 Å². The second kappa shape index (κ2) is 4.28. The van der Waals surface area contributed by atoms with Crippen molar-refractivity contribution < 1.29 is 10.0 Å². The molecule has 1 saturated carbocycles. The zero-order chi connectivity index (χ0) is 12.6. The first kappa shape index (κ1) is 11.5. The van der Waals surface area contributed by atoms with Gasteiger partial charge < -0.3 is 5.32 Å². The summed E-state index contributed by atoms with van der Waals surface area (Å²) in [4.78, 5) is 12.2. The fourth-order valence-corrected chi connectivity index (χ4v) is 3.06. The van der Waals surface area contributed by atoms with Crippen LogP contribution in [0.1, 0.15) is 48.9 Å². The van der Waals surface area contributed by atoms with Gasteiger partial charge in [0.05, 0.1) is 11.3 Å². The Balaban J connectivity index is 2.02. The molecular formula is C14H18N2O2. The lowest BCUT2D eigenvalue weighted by Gasteiger charge is -2.45. The van der Waals surface area contributed by atoms with Crippen molar-refractivity contribution in [3.8, 4) is 0 Å². The Labute approximate surface area is 107 Å². The number of benzene rings is 1. The van der Waals surface area contributed by atoms with Crippen molar-refractivity contribution in [3.63, 3.8) is 0 Å². The molecule has 3 rings (SSSR count). The third-order valence-corrected chi connectivity index (χ3v) is 4.06. The Kier molecular flexibility index (Phi) is 2.74. The molecule has 0 aromatic heterocycles. The van der Waals surface area contributed by atoms with Gasteiger partial charge in [-0.05, 0) is 37.8 Å². The largest absolute Gasteiger partial charge is 0.327 e. The predicted molar refractivity (Wildman–Crippen MR) is 68.6 cm³/mol. The van der Waals surface area contributed by atoms with Crippen LogP contribution in [0.25, 0.3) is 0 Å². The molecule has 2 aliphatic rings. The van der Waals surface area contributed by atoms with Crippen LogP contribution in [0.5, 0.6) is 0 Å². The van der Waals surface area contributed by atoms with Crippen molar-refractivity contribution >= 4 is 11.6 Å². The molecule has 0 atom stereocenters. The maximum absolute atomic E-state index is 12.2. The zero-order valence-corrected chi connectivity index (χ0v) is 10.4. The van der Waals surface area contributed by atoms with Gasteiger partial charge in [0, 0.05) is 0 Å². The maximum atomic E-state index is 12.2. The summed E-state index contributed by atoms with van der Waals surface area (Å²) in [6.45, 7) is 0. The number of hydrogen-bond donors (Lipinski definition) is 2. The SMILES string of the molecule is O=C1NC2(CCCCCC2)N(O)c2ccccc21. The highest BCUT2D eigenvalue weighted by Gasteiger charge is 2.43. The molecule has 1 aromatic rings. The smallest absolute Gasteiger partial charge is 0.255 e. The first-order chi connectivity index (χ1) is 8.73. The minimum atomic E-state index is -0.595. The summed E-state index contributed by atoms with van der Waals surface area (Å²) in [6.07, 6.45) is 6.05. The summed E-state index contributed by atoms with van der Waals surface area (Å²) in [6, 6.07) is 7.22. The van der Waals surface area contributed by atoms with Crippen molar-refractivity contribution in [2.45, 2.75) is 44.2 Å². The molecule has 1 aliphatic heterocycles. The quantitative estimate of drug-likeness (QED) is 0.740. The summed E-state index contributed by atoms with van der Waals surface area (Å²) < 4.78 is 0. The molecule has 4 nitrogen and oxygen atoms in total. The zero-order valence-electron chi connectivity index (χ0n) is 10.4. The third kappa shape index (κ3) is 1.68. The highest BCUT2D eigenvalue weighted by Crippen LogP contribution is 2.37. The molecule has 4 heteroatoms. The number of anilines is 1. The van der Waals surface area contributed by atoms with Gasteiger partial charge in [-0.2, -0.15) is 0 Å². The predicted octanol–water partition coefficient (Wildman–Crippen LogP) is 2.68. The Morgan fingerprint density at radius 3 is 2.50 bits per heavy atom. The number of rotatable bonds is 0. The highest BCUT2D eigenvalue weighted by atomic mass is 16.5. The number of hydroxylamine groups is 1. The van der Waals surface area contributed by atoms with Crippen LogP contribution in [0.2, 0.25) is 0 Å². The number of para-hydroxylation sites is 1. The summed E-state index contributed by atoms with van der Waals surface area (Å²) in [5.74, 6) is -0.0715. The fourth-order valence-electron chi connectivity index (χ4n) is 3.06. The molecule has 1 fully saturated rings. The van der Waals surface area contributed by atoms with Crippen molar-refractivity contribution in [3.05, 3.63) is 29.8 Å². The Morgan fingerprint density at radius 1 is 1.11 bits per heavy atom. The van der Waals surface area contributed by atoms with Gasteiger partial charge in [-0.25, -0.2) is 5.06 Å². The van der Waals surface area contributed by atoms with Crippen molar-refractivity contribution in [2.75, 3.05) is 5.06 Å². The van der Waals surface area contributed by atoms with Gasteiger partial charge in [-0.1, -0.05) is 25.0 Å². The van der Waals surface area contributed by atoms with E-state index in [1.54, 1.807) is 12.1 Å². The average Bonchev–Trinajstić information content (AvgIpc) is 2.63. The van der Waals surface area contributed by atoms with Crippen LogP contribution in [-0.4, -0.2) is 16.8 Å². The maximum Gasteiger partial charge on any atom is 0.255 e. The van der Waals surface area contributed by atoms with E-state index in [1.165, 1.54) is 17.9 Å². The Morgan fingerprint density at radius 2 is 1.78 bits per heavy atom. The van der Waals surface area contributed by atoms with E-state index < -0.39 is 5.66 Å². The minimum absolute atomic E-state index is 0.0715. The van der Waals surface area contributed by atoms with E-state index in [0.717, 1.165) is 25.7 Å². The Hall–Kier alpha value is -1.55. The topological polar surface area (TPSA) is 52.6 Å². The van der Waals surface area contributed by atoms with E-state index in [0.29, 0.717) is 11.3 Å². The average molecular weight is 246 g/mol. The van der Waals surface area contributed by atoms with E-state index in [2.05, 4.69) is 5.32 Å². The van der Waals surface area contributed by atoms with Crippen LogP contribution in [0, 0.1) is 0 Å². The molecule has 18 heavy (non-hydrogen) atoms. The summed E-state index contributed by atoms with van der Waals surface area (Å²) in [7, 11) is 0. The minimum Gasteiger partial charge on any atom is -0.327 e. The lowest BCUT2D eigenvalue weighted by Crippen LogP contribution is -2.62. The molecule has 0 bridgehead atoms. The third-order valence-electron chi connectivity index (χ3n) is 4.06. The van der Waals surface area contributed by atoms with Crippen LogP contribution < -0.4 is 10.4 Å². The van der Waals surface area contributed by atoms with E-state index >= 15 is 0 Å². The number of nitrogens with zero attached hydrogens (tertiary/aromatic N) is 1. The lowest BCUT2D eigenvalue weighted by molar-refractivity contribution is 0.0661. The molecule has 96 valence electrons. The number of nitrogens with one attached hydrogen (secondary N) is 1. The van der Waals surface area contributed by atoms with Gasteiger partial charge in [0.25, 0.3) is 5.91 Å². The van der Waals surface area contributed by atoms with Crippen LogP contribution in [-0.2, 0) is 0 Å². The number of carbonyl (C=O) groups excluding carboxylic acids is 1. The van der Waals surface area contributed by atoms with Crippen molar-refractivity contribution in [2.24, 2.45) is 0 Å². The highest BCUT2D eigenvalue weighted by molar-refractivity contribution is 6.02.